The molecule has 0 radical (unpaired) electrons. The third-order valence-corrected chi connectivity index (χ3v) is 5.72. The smallest absolute Gasteiger partial charge is 0.212 e. The molecular formula is C21H37NO4S. The van der Waals surface area contributed by atoms with Crippen molar-refractivity contribution in [2.24, 2.45) is 11.3 Å². The van der Waals surface area contributed by atoms with Gasteiger partial charge >= 0.3 is 0 Å². The third-order valence-electron chi connectivity index (χ3n) is 4.18. The molecule has 0 aliphatic rings. The molecule has 0 aliphatic carbocycles. The monoisotopic (exact) mass is 399 g/mol. The van der Waals surface area contributed by atoms with Crippen molar-refractivity contribution in [3.05, 3.63) is 29.8 Å². The summed E-state index contributed by atoms with van der Waals surface area (Å²) in [5, 5.41) is 0. The van der Waals surface area contributed by atoms with Crippen LogP contribution >= 0.6 is 0 Å². The highest BCUT2D eigenvalue weighted by Crippen LogP contribution is 2.21. The Morgan fingerprint density at radius 1 is 1.19 bits per heavy atom. The van der Waals surface area contributed by atoms with Crippen molar-refractivity contribution in [3.8, 4) is 5.75 Å². The summed E-state index contributed by atoms with van der Waals surface area (Å²) in [6.45, 7) is 14.1. The average molecular weight is 400 g/mol. The van der Waals surface area contributed by atoms with Gasteiger partial charge < -0.3 is 9.47 Å². The fourth-order valence-corrected chi connectivity index (χ4v) is 3.65. The van der Waals surface area contributed by atoms with Gasteiger partial charge in [0.1, 0.15) is 5.75 Å². The molecule has 0 unspecified atom stereocenters. The molecular weight excluding hydrogens is 362 g/mol. The van der Waals surface area contributed by atoms with Crippen molar-refractivity contribution in [2.45, 2.75) is 60.4 Å². The first-order valence-corrected chi connectivity index (χ1v) is 11.5. The number of sulfonamides is 1. The molecule has 27 heavy (non-hydrogen) atoms. The summed E-state index contributed by atoms with van der Waals surface area (Å²) in [4.78, 5) is 0. The minimum absolute atomic E-state index is 0.0612. The molecule has 1 N–H and O–H groups in total. The molecule has 0 heterocycles. The summed E-state index contributed by atoms with van der Waals surface area (Å²) in [5.41, 5.74) is 0.984. The van der Waals surface area contributed by atoms with Crippen LogP contribution in [0.15, 0.2) is 24.3 Å². The number of rotatable bonds is 12. The quantitative estimate of drug-likeness (QED) is 0.524. The summed E-state index contributed by atoms with van der Waals surface area (Å²) in [7, 11) is -3.36. The lowest BCUT2D eigenvalue weighted by atomic mass is 9.99. The van der Waals surface area contributed by atoms with E-state index in [1.165, 1.54) is 0 Å². The second kappa shape index (κ2) is 11.0. The van der Waals surface area contributed by atoms with E-state index in [9.17, 15) is 8.42 Å². The van der Waals surface area contributed by atoms with Crippen LogP contribution in [0, 0.1) is 11.3 Å². The number of hydrogen-bond acceptors (Lipinski definition) is 4. The summed E-state index contributed by atoms with van der Waals surface area (Å²) in [6, 6.07) is 7.31. The molecule has 1 rings (SSSR count). The lowest BCUT2D eigenvalue weighted by Crippen LogP contribution is -2.29. The van der Waals surface area contributed by atoms with Crippen molar-refractivity contribution in [3.63, 3.8) is 0 Å². The maximum Gasteiger partial charge on any atom is 0.212 e. The Morgan fingerprint density at radius 2 is 1.89 bits per heavy atom. The largest absolute Gasteiger partial charge is 0.493 e. The number of nitrogens with one attached hydrogen (secondary N) is 1. The highest BCUT2D eigenvalue weighted by atomic mass is 32.2. The lowest BCUT2D eigenvalue weighted by molar-refractivity contribution is 0.0720. The molecule has 0 aromatic heterocycles. The lowest BCUT2D eigenvalue weighted by Gasteiger charge is -2.18. The topological polar surface area (TPSA) is 64.6 Å². The van der Waals surface area contributed by atoms with Crippen molar-refractivity contribution in [1.29, 1.82) is 0 Å². The Balaban J connectivity index is 2.50. The van der Waals surface area contributed by atoms with Gasteiger partial charge in [0.25, 0.3) is 0 Å². The van der Waals surface area contributed by atoms with E-state index in [0.717, 1.165) is 17.7 Å². The van der Waals surface area contributed by atoms with Gasteiger partial charge in [-0.05, 0) is 42.4 Å². The zero-order chi connectivity index (χ0) is 20.5. The molecule has 2 atom stereocenters. The zero-order valence-electron chi connectivity index (χ0n) is 17.7. The summed E-state index contributed by atoms with van der Waals surface area (Å²) >= 11 is 0. The molecule has 0 spiro atoms. The van der Waals surface area contributed by atoms with Crippen molar-refractivity contribution < 1.29 is 17.9 Å². The van der Waals surface area contributed by atoms with Gasteiger partial charge in [-0.2, -0.15) is 0 Å². The second-order valence-corrected chi connectivity index (χ2v) is 10.4. The standard InChI is InChI=1S/C21H37NO4S/c1-7-17(2)15-26-20-11-8-10-19(14-20)18(3)22-27(23,24)13-9-12-25-16-21(4,5)6/h8,10-11,14,17-18,22H,7,9,12-13,15-16H2,1-6H3/t17-,18+/m0/s1. The van der Waals surface area contributed by atoms with Gasteiger partial charge in [-0.25, -0.2) is 13.1 Å². The van der Waals surface area contributed by atoms with Crippen LogP contribution in [0.2, 0.25) is 0 Å². The number of benzene rings is 1. The molecule has 5 nitrogen and oxygen atoms in total. The molecule has 1 aromatic carbocycles. The third kappa shape index (κ3) is 10.7. The van der Waals surface area contributed by atoms with E-state index in [2.05, 4.69) is 39.3 Å². The minimum atomic E-state index is -3.36. The Morgan fingerprint density at radius 3 is 2.52 bits per heavy atom. The van der Waals surface area contributed by atoms with Crippen LogP contribution < -0.4 is 9.46 Å². The highest BCUT2D eigenvalue weighted by molar-refractivity contribution is 7.89. The Hall–Kier alpha value is -1.11. The Labute approximate surface area is 165 Å². The number of ether oxygens (including phenoxy) is 2. The number of hydrogen-bond donors (Lipinski definition) is 1. The van der Waals surface area contributed by atoms with Crippen LogP contribution in [0.4, 0.5) is 0 Å². The zero-order valence-corrected chi connectivity index (χ0v) is 18.6. The van der Waals surface area contributed by atoms with Gasteiger partial charge in [-0.15, -0.1) is 0 Å². The van der Waals surface area contributed by atoms with E-state index in [1.54, 1.807) is 0 Å². The van der Waals surface area contributed by atoms with E-state index in [1.807, 2.05) is 31.2 Å². The van der Waals surface area contributed by atoms with Crippen LogP contribution in [0.1, 0.15) is 66.0 Å². The van der Waals surface area contributed by atoms with Crippen LogP contribution in [-0.2, 0) is 14.8 Å². The normalized spacial score (nSPS) is 14.7. The van der Waals surface area contributed by atoms with Crippen LogP contribution in [0.25, 0.3) is 0 Å². The van der Waals surface area contributed by atoms with Gasteiger partial charge in [-0.1, -0.05) is 53.2 Å². The van der Waals surface area contributed by atoms with E-state index in [4.69, 9.17) is 9.47 Å². The molecule has 0 fully saturated rings. The molecule has 1 aromatic rings. The maximum absolute atomic E-state index is 12.3. The van der Waals surface area contributed by atoms with Gasteiger partial charge in [0.05, 0.1) is 19.0 Å². The predicted octanol–water partition coefficient (Wildman–Crippen LogP) is 4.54. The first kappa shape index (κ1) is 23.9. The van der Waals surface area contributed by atoms with E-state index in [0.29, 0.717) is 32.2 Å². The van der Waals surface area contributed by atoms with E-state index in [-0.39, 0.29) is 17.2 Å². The molecule has 6 heteroatoms. The van der Waals surface area contributed by atoms with Gasteiger partial charge in [0.2, 0.25) is 10.0 Å². The van der Waals surface area contributed by atoms with Crippen molar-refractivity contribution >= 4 is 10.0 Å². The first-order valence-electron chi connectivity index (χ1n) is 9.83. The Bertz CT molecular complexity index is 652. The SMILES string of the molecule is CC[C@H](C)COc1cccc([C@@H](C)NS(=O)(=O)CCCOCC(C)(C)C)c1. The van der Waals surface area contributed by atoms with Gasteiger partial charge in [-0.3, -0.25) is 0 Å². The summed E-state index contributed by atoms with van der Waals surface area (Å²) in [6.07, 6.45) is 1.55. The molecule has 0 bridgehead atoms. The predicted molar refractivity (Wildman–Crippen MR) is 112 cm³/mol. The minimum Gasteiger partial charge on any atom is -0.493 e. The Kier molecular flexibility index (Phi) is 9.77. The van der Waals surface area contributed by atoms with Crippen molar-refractivity contribution in [1.82, 2.24) is 4.72 Å². The second-order valence-electron chi connectivity index (χ2n) is 8.52. The van der Waals surface area contributed by atoms with Crippen molar-refractivity contribution in [2.75, 3.05) is 25.6 Å². The fourth-order valence-electron chi connectivity index (χ4n) is 2.36. The summed E-state index contributed by atoms with van der Waals surface area (Å²) < 4.78 is 38.7. The van der Waals surface area contributed by atoms with Gasteiger partial charge in [0.15, 0.2) is 0 Å². The molecule has 0 saturated carbocycles. The average Bonchev–Trinajstić information content (AvgIpc) is 2.58. The highest BCUT2D eigenvalue weighted by Gasteiger charge is 2.17. The molecule has 0 amide bonds. The maximum atomic E-state index is 12.3. The molecule has 156 valence electrons. The molecule has 0 aliphatic heterocycles. The van der Waals surface area contributed by atoms with Crippen LogP contribution in [0.5, 0.6) is 5.75 Å². The van der Waals surface area contributed by atoms with Gasteiger partial charge in [0, 0.05) is 12.6 Å². The summed E-state index contributed by atoms with van der Waals surface area (Å²) in [5.74, 6) is 1.32. The molecule has 0 saturated heterocycles. The van der Waals surface area contributed by atoms with Crippen LogP contribution in [-0.4, -0.2) is 34.0 Å². The van der Waals surface area contributed by atoms with E-state index < -0.39 is 10.0 Å². The fraction of sp³-hybridized carbons (Fsp3) is 0.714. The van der Waals surface area contributed by atoms with Crippen LogP contribution in [0.3, 0.4) is 0 Å². The van der Waals surface area contributed by atoms with E-state index >= 15 is 0 Å². The first-order chi connectivity index (χ1) is 12.5.